The highest BCUT2D eigenvalue weighted by atomic mass is 32.1. The van der Waals surface area contributed by atoms with Gasteiger partial charge < -0.3 is 18.9 Å². The molecule has 0 saturated carbocycles. The predicted octanol–water partition coefficient (Wildman–Crippen LogP) is 5.09. The number of aromatic amines is 1. The lowest BCUT2D eigenvalue weighted by Gasteiger charge is -2.11. The maximum absolute atomic E-state index is 6.00. The van der Waals surface area contributed by atoms with Crippen molar-refractivity contribution < 1.29 is 18.9 Å². The van der Waals surface area contributed by atoms with E-state index in [1.165, 1.54) is 0 Å². The van der Waals surface area contributed by atoms with Crippen molar-refractivity contribution in [1.82, 2.24) is 14.9 Å². The molecule has 0 radical (unpaired) electrons. The molecule has 174 valence electrons. The van der Waals surface area contributed by atoms with Gasteiger partial charge in [0.25, 0.3) is 0 Å². The van der Waals surface area contributed by atoms with Gasteiger partial charge in [-0.1, -0.05) is 30.3 Å². The molecule has 0 aliphatic rings. The smallest absolute Gasteiger partial charge is 0.216 e. The number of nitrogens with zero attached hydrogens (tertiary/aromatic N) is 3. The third kappa shape index (κ3) is 5.10. The van der Waals surface area contributed by atoms with Crippen molar-refractivity contribution in [2.24, 2.45) is 5.10 Å². The lowest BCUT2D eigenvalue weighted by atomic mass is 10.2. The van der Waals surface area contributed by atoms with E-state index in [0.717, 1.165) is 16.7 Å². The van der Waals surface area contributed by atoms with Crippen LogP contribution in [0.1, 0.15) is 11.1 Å². The zero-order valence-corrected chi connectivity index (χ0v) is 19.8. The quantitative estimate of drug-likeness (QED) is 0.268. The maximum Gasteiger partial charge on any atom is 0.216 e. The van der Waals surface area contributed by atoms with Crippen LogP contribution in [0.15, 0.2) is 71.8 Å². The average Bonchev–Trinajstić information content (AvgIpc) is 3.26. The van der Waals surface area contributed by atoms with E-state index >= 15 is 0 Å². The Morgan fingerprint density at radius 3 is 2.32 bits per heavy atom. The van der Waals surface area contributed by atoms with E-state index in [9.17, 15) is 0 Å². The molecule has 0 aliphatic carbocycles. The highest BCUT2D eigenvalue weighted by Gasteiger charge is 2.12. The van der Waals surface area contributed by atoms with Crippen LogP contribution >= 0.6 is 12.2 Å². The van der Waals surface area contributed by atoms with Gasteiger partial charge in [-0.05, 0) is 59.7 Å². The number of nitrogens with one attached hydrogen (secondary N) is 1. The van der Waals surface area contributed by atoms with E-state index in [1.54, 1.807) is 38.3 Å². The highest BCUT2D eigenvalue weighted by Crippen LogP contribution is 2.32. The number of hydrogen-bond donors (Lipinski definition) is 1. The van der Waals surface area contributed by atoms with E-state index in [4.69, 9.17) is 31.2 Å². The predicted molar refractivity (Wildman–Crippen MR) is 133 cm³/mol. The summed E-state index contributed by atoms with van der Waals surface area (Å²) in [5, 5.41) is 11.7. The molecule has 8 nitrogen and oxygen atoms in total. The van der Waals surface area contributed by atoms with E-state index in [1.807, 2.05) is 60.7 Å². The molecular formula is C25H24N4O4S. The summed E-state index contributed by atoms with van der Waals surface area (Å²) >= 11 is 5.39. The monoisotopic (exact) mass is 476 g/mol. The van der Waals surface area contributed by atoms with Crippen molar-refractivity contribution in [3.63, 3.8) is 0 Å². The standard InChI is InChI=1S/C25H24N4O4S/c1-30-20-12-10-19(14-22(20)32-3)24-27-28-25(34)29(24)26-15-18-9-11-21(31-2)23(13-18)33-16-17-7-5-4-6-8-17/h4-15H,16H2,1-3H3,(H,28,34)/b26-15-. The Morgan fingerprint density at radius 1 is 0.882 bits per heavy atom. The molecule has 0 saturated heterocycles. The summed E-state index contributed by atoms with van der Waals surface area (Å²) in [6.07, 6.45) is 1.68. The summed E-state index contributed by atoms with van der Waals surface area (Å²) < 4.78 is 24.1. The maximum atomic E-state index is 6.00. The molecule has 0 fully saturated rings. The Balaban J connectivity index is 1.61. The fourth-order valence-electron chi connectivity index (χ4n) is 3.31. The lowest BCUT2D eigenvalue weighted by Crippen LogP contribution is -1.99. The van der Waals surface area contributed by atoms with Gasteiger partial charge in [0, 0.05) is 5.56 Å². The summed E-state index contributed by atoms with van der Waals surface area (Å²) in [5.74, 6) is 3.00. The fourth-order valence-corrected chi connectivity index (χ4v) is 3.49. The third-order valence-corrected chi connectivity index (χ3v) is 5.30. The zero-order valence-electron chi connectivity index (χ0n) is 19.0. The summed E-state index contributed by atoms with van der Waals surface area (Å²) in [6, 6.07) is 21.0. The minimum Gasteiger partial charge on any atom is -0.493 e. The van der Waals surface area contributed by atoms with Gasteiger partial charge in [0.1, 0.15) is 6.61 Å². The van der Waals surface area contributed by atoms with E-state index in [2.05, 4.69) is 15.3 Å². The van der Waals surface area contributed by atoms with Crippen LogP contribution in [0.4, 0.5) is 0 Å². The molecule has 3 aromatic carbocycles. The van der Waals surface area contributed by atoms with Crippen LogP contribution in [-0.2, 0) is 6.61 Å². The van der Waals surface area contributed by atoms with Crippen molar-refractivity contribution in [3.8, 4) is 34.4 Å². The second-order valence-corrected chi connectivity index (χ2v) is 7.55. The van der Waals surface area contributed by atoms with Gasteiger partial charge in [0.15, 0.2) is 28.8 Å². The van der Waals surface area contributed by atoms with Crippen LogP contribution in [0.2, 0.25) is 0 Å². The molecule has 0 aliphatic heterocycles. The first-order chi connectivity index (χ1) is 16.6. The Labute approximate surface area is 202 Å². The normalized spacial score (nSPS) is 10.9. The number of H-pyrrole nitrogens is 1. The Kier molecular flexibility index (Phi) is 7.24. The van der Waals surface area contributed by atoms with Crippen molar-refractivity contribution in [2.75, 3.05) is 21.3 Å². The minimum atomic E-state index is 0.357. The number of aromatic nitrogens is 3. The Hall–Kier alpha value is -4.11. The molecule has 0 unspecified atom stereocenters. The fraction of sp³-hybridized carbons (Fsp3) is 0.160. The Bertz CT molecular complexity index is 1350. The first-order valence-corrected chi connectivity index (χ1v) is 10.8. The molecule has 34 heavy (non-hydrogen) atoms. The van der Waals surface area contributed by atoms with Gasteiger partial charge in [-0.3, -0.25) is 0 Å². The van der Waals surface area contributed by atoms with E-state index < -0.39 is 0 Å². The topological polar surface area (TPSA) is 82.9 Å². The average molecular weight is 477 g/mol. The number of ether oxygens (including phenoxy) is 4. The number of rotatable bonds is 9. The van der Waals surface area contributed by atoms with Crippen LogP contribution in [0.3, 0.4) is 0 Å². The first kappa shape index (κ1) is 23.1. The second kappa shape index (κ2) is 10.7. The van der Waals surface area contributed by atoms with Gasteiger partial charge in [0.2, 0.25) is 4.77 Å². The SMILES string of the molecule is COc1ccc(-c2n[nH]c(=S)n2/N=C\c2ccc(OC)c(OCc3ccccc3)c2)cc1OC. The second-order valence-electron chi connectivity index (χ2n) is 7.16. The molecule has 1 heterocycles. The number of benzene rings is 3. The van der Waals surface area contributed by atoms with Crippen molar-refractivity contribution in [2.45, 2.75) is 6.61 Å². The first-order valence-electron chi connectivity index (χ1n) is 10.4. The van der Waals surface area contributed by atoms with Crippen LogP contribution in [-0.4, -0.2) is 42.4 Å². The van der Waals surface area contributed by atoms with Gasteiger partial charge in [-0.15, -0.1) is 0 Å². The molecule has 0 bridgehead atoms. The molecule has 0 amide bonds. The van der Waals surface area contributed by atoms with Crippen LogP contribution in [0, 0.1) is 4.77 Å². The third-order valence-electron chi connectivity index (χ3n) is 5.04. The molecule has 1 N–H and O–H groups in total. The zero-order chi connectivity index (χ0) is 23.9. The molecular weight excluding hydrogens is 452 g/mol. The summed E-state index contributed by atoms with van der Waals surface area (Å²) in [7, 11) is 4.78. The van der Waals surface area contributed by atoms with Crippen LogP contribution in [0.25, 0.3) is 11.4 Å². The molecule has 4 aromatic rings. The van der Waals surface area contributed by atoms with Crippen molar-refractivity contribution in [1.29, 1.82) is 0 Å². The molecule has 9 heteroatoms. The molecule has 0 spiro atoms. The molecule has 4 rings (SSSR count). The summed E-state index contributed by atoms with van der Waals surface area (Å²) in [4.78, 5) is 0. The number of methoxy groups -OCH3 is 3. The van der Waals surface area contributed by atoms with Crippen LogP contribution in [0.5, 0.6) is 23.0 Å². The van der Waals surface area contributed by atoms with Crippen LogP contribution < -0.4 is 18.9 Å². The molecule has 0 atom stereocenters. The largest absolute Gasteiger partial charge is 0.493 e. The molecule has 1 aromatic heterocycles. The number of hydrogen-bond acceptors (Lipinski definition) is 7. The van der Waals surface area contributed by atoms with Crippen molar-refractivity contribution >= 4 is 18.4 Å². The van der Waals surface area contributed by atoms with Gasteiger partial charge in [-0.2, -0.15) is 14.9 Å². The van der Waals surface area contributed by atoms with E-state index in [-0.39, 0.29) is 0 Å². The summed E-state index contributed by atoms with van der Waals surface area (Å²) in [5.41, 5.74) is 2.64. The van der Waals surface area contributed by atoms with Crippen molar-refractivity contribution in [3.05, 3.63) is 82.6 Å². The summed E-state index contributed by atoms with van der Waals surface area (Å²) in [6.45, 7) is 0.425. The minimum absolute atomic E-state index is 0.357. The highest BCUT2D eigenvalue weighted by molar-refractivity contribution is 7.71. The Morgan fingerprint density at radius 2 is 1.59 bits per heavy atom. The lowest BCUT2D eigenvalue weighted by molar-refractivity contribution is 0.284. The van der Waals surface area contributed by atoms with Gasteiger partial charge in [0.05, 0.1) is 27.5 Å². The van der Waals surface area contributed by atoms with Gasteiger partial charge >= 0.3 is 0 Å². The van der Waals surface area contributed by atoms with E-state index in [0.29, 0.717) is 40.2 Å². The van der Waals surface area contributed by atoms with Gasteiger partial charge in [-0.25, -0.2) is 5.10 Å².